The van der Waals surface area contributed by atoms with Gasteiger partial charge in [-0.3, -0.25) is 13.9 Å². The first-order chi connectivity index (χ1) is 15.8. The quantitative estimate of drug-likeness (QED) is 0.464. The van der Waals surface area contributed by atoms with Gasteiger partial charge >= 0.3 is 0 Å². The summed E-state index contributed by atoms with van der Waals surface area (Å²) in [5.41, 5.74) is 0.883. The first kappa shape index (κ1) is 28.2. The van der Waals surface area contributed by atoms with E-state index in [1.54, 1.807) is 31.2 Å². The Morgan fingerprint density at radius 3 is 2.26 bits per heavy atom. The van der Waals surface area contributed by atoms with Crippen LogP contribution in [0.4, 0.5) is 5.69 Å². The number of benzene rings is 2. The number of sulfonamides is 1. The van der Waals surface area contributed by atoms with E-state index >= 15 is 0 Å². The van der Waals surface area contributed by atoms with Gasteiger partial charge in [0, 0.05) is 17.6 Å². The van der Waals surface area contributed by atoms with Crippen LogP contribution in [0.2, 0.25) is 15.1 Å². The van der Waals surface area contributed by atoms with Crippen molar-refractivity contribution >= 4 is 62.3 Å². The number of carbonyl (C=O) groups excluding carboxylic acids is 2. The van der Waals surface area contributed by atoms with Gasteiger partial charge in [0.15, 0.2) is 0 Å². The zero-order chi connectivity index (χ0) is 25.6. The summed E-state index contributed by atoms with van der Waals surface area (Å²) >= 11 is 18.1. The molecule has 0 saturated carbocycles. The molecule has 2 atom stereocenters. The van der Waals surface area contributed by atoms with Crippen molar-refractivity contribution in [2.24, 2.45) is 0 Å². The smallest absolute Gasteiger partial charge is 0.244 e. The second kappa shape index (κ2) is 12.1. The van der Waals surface area contributed by atoms with E-state index in [2.05, 4.69) is 5.32 Å². The third-order valence-corrected chi connectivity index (χ3v) is 7.40. The number of rotatable bonds is 10. The van der Waals surface area contributed by atoms with Crippen molar-refractivity contribution in [3.8, 4) is 0 Å². The van der Waals surface area contributed by atoms with Crippen LogP contribution in [0.5, 0.6) is 0 Å². The summed E-state index contributed by atoms with van der Waals surface area (Å²) in [4.78, 5) is 27.7. The van der Waals surface area contributed by atoms with E-state index in [-0.39, 0.29) is 34.2 Å². The Hall–Kier alpha value is -2.00. The number of hydrogen-bond acceptors (Lipinski definition) is 4. The second-order valence-electron chi connectivity index (χ2n) is 8.01. The number of nitrogens with zero attached hydrogens (tertiary/aromatic N) is 2. The standard InChI is InChI=1S/C23H28Cl3N3O4S/c1-5-15(2)27-23(31)16(3)28(13-17-7-6-8-18(24)11-17)22(30)14-29(34(4,32)33)19-9-10-20(25)21(26)12-19/h6-12,15-16H,5,13-14H2,1-4H3,(H,27,31). The third-order valence-electron chi connectivity index (χ3n) is 5.28. The molecule has 0 aromatic heterocycles. The van der Waals surface area contributed by atoms with E-state index in [0.717, 1.165) is 17.0 Å². The molecule has 2 rings (SSSR count). The Bertz CT molecular complexity index is 1140. The zero-order valence-electron chi connectivity index (χ0n) is 19.4. The summed E-state index contributed by atoms with van der Waals surface area (Å²) in [6, 6.07) is 10.2. The maximum Gasteiger partial charge on any atom is 0.244 e. The van der Waals surface area contributed by atoms with Gasteiger partial charge in [0.1, 0.15) is 12.6 Å². The van der Waals surface area contributed by atoms with Gasteiger partial charge in [0.05, 0.1) is 22.0 Å². The number of amides is 2. The van der Waals surface area contributed by atoms with Crippen LogP contribution in [0.25, 0.3) is 0 Å². The van der Waals surface area contributed by atoms with Crippen LogP contribution in [0.3, 0.4) is 0 Å². The molecule has 7 nitrogen and oxygen atoms in total. The molecule has 0 aliphatic carbocycles. The first-order valence-corrected chi connectivity index (χ1v) is 13.6. The molecule has 0 heterocycles. The number of hydrogen-bond donors (Lipinski definition) is 1. The Morgan fingerprint density at radius 1 is 1.03 bits per heavy atom. The lowest BCUT2D eigenvalue weighted by Crippen LogP contribution is -2.52. The van der Waals surface area contributed by atoms with Crippen molar-refractivity contribution in [1.82, 2.24) is 10.2 Å². The van der Waals surface area contributed by atoms with Gasteiger partial charge in [-0.1, -0.05) is 53.9 Å². The first-order valence-electron chi connectivity index (χ1n) is 10.6. The molecule has 2 unspecified atom stereocenters. The van der Waals surface area contributed by atoms with Gasteiger partial charge < -0.3 is 10.2 Å². The summed E-state index contributed by atoms with van der Waals surface area (Å²) < 4.78 is 26.1. The Balaban J connectivity index is 2.41. The van der Waals surface area contributed by atoms with Crippen molar-refractivity contribution in [2.75, 3.05) is 17.1 Å². The van der Waals surface area contributed by atoms with E-state index in [9.17, 15) is 18.0 Å². The molecular formula is C23H28Cl3N3O4S. The lowest BCUT2D eigenvalue weighted by molar-refractivity contribution is -0.139. The molecule has 34 heavy (non-hydrogen) atoms. The lowest BCUT2D eigenvalue weighted by Gasteiger charge is -2.32. The molecule has 11 heteroatoms. The molecule has 0 radical (unpaired) electrons. The summed E-state index contributed by atoms with van der Waals surface area (Å²) in [5, 5.41) is 3.75. The third kappa shape index (κ3) is 7.77. The fourth-order valence-corrected chi connectivity index (χ4v) is 4.48. The van der Waals surface area contributed by atoms with E-state index in [1.807, 2.05) is 13.8 Å². The van der Waals surface area contributed by atoms with Gasteiger partial charge in [-0.15, -0.1) is 0 Å². The summed E-state index contributed by atoms with van der Waals surface area (Å²) in [7, 11) is -3.86. The average molecular weight is 549 g/mol. The van der Waals surface area contributed by atoms with Crippen LogP contribution >= 0.6 is 34.8 Å². The van der Waals surface area contributed by atoms with Gasteiger partial charge in [0.2, 0.25) is 21.8 Å². The Labute approximate surface area is 216 Å². The highest BCUT2D eigenvalue weighted by atomic mass is 35.5. The fraction of sp³-hybridized carbons (Fsp3) is 0.391. The molecule has 0 saturated heterocycles. The molecule has 2 aromatic rings. The van der Waals surface area contributed by atoms with Gasteiger partial charge in [0.25, 0.3) is 0 Å². The molecule has 0 bridgehead atoms. The van der Waals surface area contributed by atoms with E-state index < -0.39 is 28.5 Å². The van der Waals surface area contributed by atoms with Crippen molar-refractivity contribution in [1.29, 1.82) is 0 Å². The van der Waals surface area contributed by atoms with Crippen LogP contribution in [0, 0.1) is 0 Å². The largest absolute Gasteiger partial charge is 0.352 e. The monoisotopic (exact) mass is 547 g/mol. The van der Waals surface area contributed by atoms with Crippen molar-refractivity contribution in [2.45, 2.75) is 45.8 Å². The van der Waals surface area contributed by atoms with E-state index in [0.29, 0.717) is 10.6 Å². The second-order valence-corrected chi connectivity index (χ2v) is 11.2. The van der Waals surface area contributed by atoms with Gasteiger partial charge in [-0.05, 0) is 56.2 Å². The predicted molar refractivity (Wildman–Crippen MR) is 138 cm³/mol. The highest BCUT2D eigenvalue weighted by Crippen LogP contribution is 2.28. The molecule has 0 aliphatic rings. The number of carbonyl (C=O) groups is 2. The Morgan fingerprint density at radius 2 is 1.71 bits per heavy atom. The van der Waals surface area contributed by atoms with Gasteiger partial charge in [-0.2, -0.15) is 0 Å². The van der Waals surface area contributed by atoms with Gasteiger partial charge in [-0.25, -0.2) is 8.42 Å². The minimum absolute atomic E-state index is 0.0630. The molecular weight excluding hydrogens is 521 g/mol. The van der Waals surface area contributed by atoms with E-state index in [4.69, 9.17) is 34.8 Å². The van der Waals surface area contributed by atoms with Crippen LogP contribution in [-0.2, 0) is 26.2 Å². The minimum Gasteiger partial charge on any atom is -0.352 e. The van der Waals surface area contributed by atoms with E-state index in [1.165, 1.54) is 23.1 Å². The molecule has 0 fully saturated rings. The summed E-state index contributed by atoms with van der Waals surface area (Å²) in [6.45, 7) is 4.94. The van der Waals surface area contributed by atoms with Crippen LogP contribution in [0.1, 0.15) is 32.8 Å². The zero-order valence-corrected chi connectivity index (χ0v) is 22.5. The molecule has 2 amide bonds. The SMILES string of the molecule is CCC(C)NC(=O)C(C)N(Cc1cccc(Cl)c1)C(=O)CN(c1ccc(Cl)c(Cl)c1)S(C)(=O)=O. The summed E-state index contributed by atoms with van der Waals surface area (Å²) in [6.07, 6.45) is 1.71. The molecule has 2 aromatic carbocycles. The maximum absolute atomic E-state index is 13.5. The minimum atomic E-state index is -3.86. The highest BCUT2D eigenvalue weighted by molar-refractivity contribution is 7.92. The maximum atomic E-state index is 13.5. The number of halogens is 3. The highest BCUT2D eigenvalue weighted by Gasteiger charge is 2.30. The topological polar surface area (TPSA) is 86.8 Å². The average Bonchev–Trinajstić information content (AvgIpc) is 2.76. The lowest BCUT2D eigenvalue weighted by atomic mass is 10.1. The van der Waals surface area contributed by atoms with Crippen molar-refractivity contribution < 1.29 is 18.0 Å². The molecule has 1 N–H and O–H groups in total. The summed E-state index contributed by atoms with van der Waals surface area (Å²) in [5.74, 6) is -0.909. The Kier molecular flexibility index (Phi) is 10.1. The number of anilines is 1. The molecule has 0 aliphatic heterocycles. The molecule has 0 spiro atoms. The van der Waals surface area contributed by atoms with Crippen molar-refractivity contribution in [3.05, 3.63) is 63.1 Å². The number of nitrogens with one attached hydrogen (secondary N) is 1. The van der Waals surface area contributed by atoms with Crippen LogP contribution < -0.4 is 9.62 Å². The normalized spacial score (nSPS) is 13.1. The van der Waals surface area contributed by atoms with Crippen LogP contribution in [-0.4, -0.2) is 50.0 Å². The molecule has 186 valence electrons. The van der Waals surface area contributed by atoms with Crippen molar-refractivity contribution in [3.63, 3.8) is 0 Å². The fourth-order valence-electron chi connectivity index (χ4n) is 3.13. The predicted octanol–water partition coefficient (Wildman–Crippen LogP) is 4.74. The van der Waals surface area contributed by atoms with Crippen LogP contribution in [0.15, 0.2) is 42.5 Å².